The monoisotopic (exact) mass is 472 g/mol. The molecule has 0 saturated heterocycles. The topological polar surface area (TPSA) is 227 Å². The molecule has 14 nitrogen and oxygen atoms in total. The molecule has 1 aromatic carbocycles. The smallest absolute Gasteiger partial charge is 0.326 e. The fraction of sp³-hybridized carbons (Fsp3) is 0.300. The first kappa shape index (κ1) is 24.0. The summed E-state index contributed by atoms with van der Waals surface area (Å²) in [5, 5.41) is 34.1. The van der Waals surface area contributed by atoms with Crippen molar-refractivity contribution in [1.29, 1.82) is 5.41 Å². The lowest BCUT2D eigenvalue weighted by Crippen LogP contribution is -2.44. The van der Waals surface area contributed by atoms with Gasteiger partial charge in [-0.2, -0.15) is 4.98 Å². The van der Waals surface area contributed by atoms with Gasteiger partial charge in [0.25, 0.3) is 11.5 Å². The number of carboxylic acids is 2. The summed E-state index contributed by atoms with van der Waals surface area (Å²) in [5.74, 6) is -2.80. The zero-order chi connectivity index (χ0) is 24.8. The van der Waals surface area contributed by atoms with Gasteiger partial charge in [-0.15, -0.1) is 0 Å². The number of hydrogen-bond acceptors (Lipinski definition) is 9. The van der Waals surface area contributed by atoms with Gasteiger partial charge >= 0.3 is 11.9 Å². The summed E-state index contributed by atoms with van der Waals surface area (Å²) in [6, 6.07) is 4.53. The number of aromatic nitrogens is 2. The molecule has 2 aromatic rings. The molecule has 0 aliphatic carbocycles. The molecule has 2 heterocycles. The summed E-state index contributed by atoms with van der Waals surface area (Å²) in [4.78, 5) is 54.5. The summed E-state index contributed by atoms with van der Waals surface area (Å²) in [5.41, 5.74) is 6.14. The van der Waals surface area contributed by atoms with Crippen molar-refractivity contribution in [3.8, 4) is 0 Å². The molecule has 1 aromatic heterocycles. The van der Waals surface area contributed by atoms with Gasteiger partial charge in [-0.05, 0) is 30.7 Å². The van der Waals surface area contributed by atoms with E-state index in [9.17, 15) is 24.3 Å². The maximum absolute atomic E-state index is 12.4. The number of aliphatic carboxylic acids is 2. The number of amides is 1. The Balaban J connectivity index is 1.65. The van der Waals surface area contributed by atoms with Crippen molar-refractivity contribution in [3.05, 3.63) is 40.2 Å². The highest BCUT2D eigenvalue weighted by molar-refractivity contribution is 5.97. The van der Waals surface area contributed by atoms with Crippen LogP contribution in [0.4, 0.5) is 23.1 Å². The van der Waals surface area contributed by atoms with Gasteiger partial charge in [0.1, 0.15) is 11.7 Å². The number of rotatable bonds is 10. The summed E-state index contributed by atoms with van der Waals surface area (Å²) >= 11 is 0. The second-order valence-corrected chi connectivity index (χ2v) is 7.52. The first-order valence-electron chi connectivity index (χ1n) is 10.2. The van der Waals surface area contributed by atoms with Crippen LogP contribution in [0, 0.1) is 5.41 Å². The number of H-pyrrole nitrogens is 1. The van der Waals surface area contributed by atoms with Crippen LogP contribution in [0.5, 0.6) is 0 Å². The van der Waals surface area contributed by atoms with E-state index >= 15 is 0 Å². The number of carboxylic acid groups (broad SMARTS) is 2. The predicted octanol–water partition coefficient (Wildman–Crippen LogP) is -0.280. The molecule has 2 unspecified atom stereocenters. The number of anilines is 4. The fourth-order valence-corrected chi connectivity index (χ4v) is 3.38. The normalized spacial score (nSPS) is 15.1. The maximum atomic E-state index is 12.4. The number of nitrogens with zero attached hydrogens (tertiary/aromatic N) is 2. The molecule has 180 valence electrons. The number of nitrogens with one attached hydrogen (secondary N) is 5. The van der Waals surface area contributed by atoms with E-state index in [1.165, 1.54) is 12.1 Å². The second-order valence-electron chi connectivity index (χ2n) is 7.52. The lowest BCUT2D eigenvalue weighted by molar-refractivity contribution is -0.140. The quantitative estimate of drug-likeness (QED) is 0.166. The van der Waals surface area contributed by atoms with Gasteiger partial charge in [0.05, 0.1) is 12.4 Å². The standard InChI is InChI=1S/C20H24N8O6/c21-9-28(8-11-7-23-16-15(24-11)18(32)27-20(22)26-16)12-3-1-10(2-4-12)17(31)25-13(19(33)34)5-6-14(29)30/h1-4,9,11,13,21,24H,5-8H2,(H,25,31)(H,29,30)(H,33,34)(H4,22,23,26,27,32). The van der Waals surface area contributed by atoms with E-state index in [4.69, 9.17) is 16.2 Å². The number of benzene rings is 1. The van der Waals surface area contributed by atoms with Crippen LogP contribution >= 0.6 is 0 Å². The van der Waals surface area contributed by atoms with Crippen LogP contribution in [-0.2, 0) is 9.59 Å². The molecular formula is C20H24N8O6. The Bertz CT molecular complexity index is 1150. The Kier molecular flexibility index (Phi) is 7.30. The van der Waals surface area contributed by atoms with Gasteiger partial charge in [-0.25, -0.2) is 4.79 Å². The van der Waals surface area contributed by atoms with Crippen LogP contribution in [0.15, 0.2) is 29.1 Å². The predicted molar refractivity (Wildman–Crippen MR) is 124 cm³/mol. The van der Waals surface area contributed by atoms with Gasteiger partial charge in [0.2, 0.25) is 5.95 Å². The number of carbonyl (C=O) groups is 3. The third kappa shape index (κ3) is 5.79. The molecule has 0 fully saturated rings. The Morgan fingerprint density at radius 3 is 2.62 bits per heavy atom. The molecule has 0 saturated carbocycles. The summed E-state index contributed by atoms with van der Waals surface area (Å²) in [6.07, 6.45) is 0.463. The first-order valence-corrected chi connectivity index (χ1v) is 10.2. The molecule has 2 atom stereocenters. The molecule has 1 amide bonds. The highest BCUT2D eigenvalue weighted by Crippen LogP contribution is 2.21. The second kappa shape index (κ2) is 10.3. The van der Waals surface area contributed by atoms with Crippen LogP contribution in [0.2, 0.25) is 0 Å². The first-order chi connectivity index (χ1) is 16.2. The third-order valence-corrected chi connectivity index (χ3v) is 5.09. The summed E-state index contributed by atoms with van der Waals surface area (Å²) in [7, 11) is 0. The maximum Gasteiger partial charge on any atom is 0.326 e. The molecule has 1 aliphatic rings. The molecular weight excluding hydrogens is 448 g/mol. The molecule has 1 aliphatic heterocycles. The van der Waals surface area contributed by atoms with Crippen LogP contribution in [0.1, 0.15) is 23.2 Å². The molecule has 34 heavy (non-hydrogen) atoms. The molecule has 0 spiro atoms. The van der Waals surface area contributed by atoms with Gasteiger partial charge in [-0.1, -0.05) is 0 Å². The molecule has 9 N–H and O–H groups in total. The van der Waals surface area contributed by atoms with E-state index in [2.05, 4.69) is 25.9 Å². The zero-order valence-electron chi connectivity index (χ0n) is 17.9. The van der Waals surface area contributed by atoms with Crippen LogP contribution in [0.25, 0.3) is 0 Å². The van der Waals surface area contributed by atoms with Gasteiger partial charge < -0.3 is 36.8 Å². The van der Waals surface area contributed by atoms with Crippen molar-refractivity contribution in [2.45, 2.75) is 24.9 Å². The number of carbonyl (C=O) groups excluding carboxylic acids is 1. The van der Waals surface area contributed by atoms with Crippen molar-refractivity contribution in [2.24, 2.45) is 0 Å². The van der Waals surface area contributed by atoms with Crippen molar-refractivity contribution in [1.82, 2.24) is 15.3 Å². The number of nitrogen functional groups attached to an aromatic ring is 1. The number of hydrogen-bond donors (Lipinski definition) is 8. The minimum atomic E-state index is -1.33. The highest BCUT2D eigenvalue weighted by Gasteiger charge is 2.24. The third-order valence-electron chi connectivity index (χ3n) is 5.09. The number of fused-ring (bicyclic) bond motifs is 1. The highest BCUT2D eigenvalue weighted by atomic mass is 16.4. The zero-order valence-corrected chi connectivity index (χ0v) is 17.9. The van der Waals surface area contributed by atoms with E-state index in [0.717, 1.165) is 6.34 Å². The Morgan fingerprint density at radius 2 is 2.00 bits per heavy atom. The van der Waals surface area contributed by atoms with Crippen molar-refractivity contribution in [3.63, 3.8) is 0 Å². The largest absolute Gasteiger partial charge is 0.481 e. The molecule has 3 rings (SSSR count). The Labute approximate surface area is 192 Å². The summed E-state index contributed by atoms with van der Waals surface area (Å²) < 4.78 is 0. The van der Waals surface area contributed by atoms with E-state index in [0.29, 0.717) is 24.6 Å². The minimum absolute atomic E-state index is 0.00157. The molecule has 14 heteroatoms. The number of nitrogens with two attached hydrogens (primary N) is 1. The Morgan fingerprint density at radius 1 is 1.29 bits per heavy atom. The number of aromatic amines is 1. The van der Waals surface area contributed by atoms with E-state index in [-0.39, 0.29) is 29.7 Å². The van der Waals surface area contributed by atoms with Crippen molar-refractivity contribution in [2.75, 3.05) is 34.4 Å². The minimum Gasteiger partial charge on any atom is -0.481 e. The van der Waals surface area contributed by atoms with Gasteiger partial charge in [-0.3, -0.25) is 24.8 Å². The molecule has 0 bridgehead atoms. The van der Waals surface area contributed by atoms with E-state index < -0.39 is 35.9 Å². The average molecular weight is 472 g/mol. The SMILES string of the molecule is N=CN(CC1CNc2nc(N)[nH]c(=O)c2N1)c1ccc(C(=O)NC(CCC(=O)O)C(=O)O)cc1. The fourth-order valence-electron chi connectivity index (χ4n) is 3.38. The van der Waals surface area contributed by atoms with E-state index in [1.54, 1.807) is 17.0 Å². The van der Waals surface area contributed by atoms with Crippen molar-refractivity contribution >= 4 is 47.3 Å². The van der Waals surface area contributed by atoms with Gasteiger partial charge in [0.15, 0.2) is 5.82 Å². The van der Waals surface area contributed by atoms with E-state index in [1.807, 2.05) is 0 Å². The van der Waals surface area contributed by atoms with Crippen LogP contribution in [-0.4, -0.2) is 69.5 Å². The average Bonchev–Trinajstić information content (AvgIpc) is 2.80. The van der Waals surface area contributed by atoms with Crippen molar-refractivity contribution < 1.29 is 24.6 Å². The Hall–Kier alpha value is -4.62. The molecule has 0 radical (unpaired) electrons. The van der Waals surface area contributed by atoms with Gasteiger partial charge in [0, 0.05) is 30.8 Å². The van der Waals surface area contributed by atoms with Crippen LogP contribution in [0.3, 0.4) is 0 Å². The summed E-state index contributed by atoms with van der Waals surface area (Å²) in [6.45, 7) is 0.724. The lowest BCUT2D eigenvalue weighted by Gasteiger charge is -2.31. The lowest BCUT2D eigenvalue weighted by atomic mass is 10.1. The van der Waals surface area contributed by atoms with Crippen LogP contribution < -0.4 is 32.1 Å².